The summed E-state index contributed by atoms with van der Waals surface area (Å²) in [7, 11) is 0. The summed E-state index contributed by atoms with van der Waals surface area (Å²) in [4.78, 5) is 12.3. The molecule has 0 aliphatic heterocycles. The van der Waals surface area contributed by atoms with E-state index >= 15 is 0 Å². The number of carbonyl (C=O) groups excluding carboxylic acids is 1. The third-order valence-electron chi connectivity index (χ3n) is 5.32. The van der Waals surface area contributed by atoms with Crippen LogP contribution in [0.2, 0.25) is 0 Å². The molecule has 1 heterocycles. The van der Waals surface area contributed by atoms with E-state index in [0.29, 0.717) is 25.4 Å². The van der Waals surface area contributed by atoms with Crippen LogP contribution in [0.3, 0.4) is 0 Å². The summed E-state index contributed by atoms with van der Waals surface area (Å²) in [5.74, 6) is 1.23. The van der Waals surface area contributed by atoms with Gasteiger partial charge in [-0.25, -0.2) is 0 Å². The van der Waals surface area contributed by atoms with Gasteiger partial charge in [-0.2, -0.15) is 0 Å². The fraction of sp³-hybridized carbons (Fsp3) is 0.778. The van der Waals surface area contributed by atoms with Crippen LogP contribution in [0.25, 0.3) is 0 Å². The first-order valence-electron chi connectivity index (χ1n) is 9.04. The number of amides is 1. The molecule has 0 radical (unpaired) electrons. The Morgan fingerprint density at radius 2 is 2.00 bits per heavy atom. The standard InChI is InChI=1S/C18H31N3O2.ClH/c1-3-14(4-2)16-10-15(23-21-16)12-20-17(22)11-18(13-19)8-6-5-7-9-18;/h10,14H,3-9,11-13,19H2,1-2H3,(H,20,22);1H. The van der Waals surface area contributed by atoms with Crippen LogP contribution in [0, 0.1) is 5.41 Å². The lowest BCUT2D eigenvalue weighted by molar-refractivity contribution is -0.124. The summed E-state index contributed by atoms with van der Waals surface area (Å²) < 4.78 is 5.35. The topological polar surface area (TPSA) is 81.2 Å². The molecule has 1 aromatic heterocycles. The average molecular weight is 358 g/mol. The van der Waals surface area contributed by atoms with Gasteiger partial charge in [0.25, 0.3) is 0 Å². The number of halogens is 1. The lowest BCUT2D eigenvalue weighted by Gasteiger charge is -2.35. The molecule has 1 aromatic rings. The van der Waals surface area contributed by atoms with Gasteiger partial charge in [0.1, 0.15) is 0 Å². The largest absolute Gasteiger partial charge is 0.359 e. The van der Waals surface area contributed by atoms with Crippen LogP contribution in [0.1, 0.15) is 82.6 Å². The Hall–Kier alpha value is -1.07. The third-order valence-corrected chi connectivity index (χ3v) is 5.32. The SMILES string of the molecule is CCC(CC)c1cc(CNC(=O)CC2(CN)CCCCC2)on1.Cl. The van der Waals surface area contributed by atoms with Gasteiger partial charge in [-0.05, 0) is 37.6 Å². The summed E-state index contributed by atoms with van der Waals surface area (Å²) >= 11 is 0. The van der Waals surface area contributed by atoms with E-state index in [0.717, 1.165) is 37.1 Å². The minimum absolute atomic E-state index is 0. The highest BCUT2D eigenvalue weighted by Crippen LogP contribution is 2.38. The van der Waals surface area contributed by atoms with Crippen LogP contribution in [0.4, 0.5) is 0 Å². The second kappa shape index (κ2) is 10.0. The van der Waals surface area contributed by atoms with E-state index in [4.69, 9.17) is 10.3 Å². The minimum atomic E-state index is 0. The van der Waals surface area contributed by atoms with Gasteiger partial charge in [-0.1, -0.05) is 38.3 Å². The smallest absolute Gasteiger partial charge is 0.220 e. The summed E-state index contributed by atoms with van der Waals surface area (Å²) in [6, 6.07) is 1.97. The first-order valence-corrected chi connectivity index (χ1v) is 9.04. The predicted octanol–water partition coefficient (Wildman–Crippen LogP) is 3.92. The number of hydrogen-bond donors (Lipinski definition) is 2. The quantitative estimate of drug-likeness (QED) is 0.738. The number of hydrogen-bond acceptors (Lipinski definition) is 4. The molecule has 24 heavy (non-hydrogen) atoms. The van der Waals surface area contributed by atoms with Gasteiger partial charge in [0, 0.05) is 18.4 Å². The Morgan fingerprint density at radius 3 is 2.58 bits per heavy atom. The molecule has 0 unspecified atom stereocenters. The van der Waals surface area contributed by atoms with Crippen molar-refractivity contribution in [2.24, 2.45) is 11.1 Å². The molecule has 0 bridgehead atoms. The van der Waals surface area contributed by atoms with Gasteiger partial charge in [-0.15, -0.1) is 12.4 Å². The van der Waals surface area contributed by atoms with E-state index in [1.807, 2.05) is 6.07 Å². The van der Waals surface area contributed by atoms with Gasteiger partial charge in [0.2, 0.25) is 5.91 Å². The van der Waals surface area contributed by atoms with E-state index < -0.39 is 0 Å². The van der Waals surface area contributed by atoms with E-state index in [1.165, 1.54) is 19.3 Å². The van der Waals surface area contributed by atoms with Crippen molar-refractivity contribution < 1.29 is 9.32 Å². The van der Waals surface area contributed by atoms with Crippen molar-refractivity contribution in [3.8, 4) is 0 Å². The molecule has 0 saturated heterocycles. The van der Waals surface area contributed by atoms with Crippen LogP contribution in [-0.4, -0.2) is 17.6 Å². The first-order chi connectivity index (χ1) is 11.1. The maximum atomic E-state index is 12.3. The molecule has 0 atom stereocenters. The van der Waals surface area contributed by atoms with Crippen molar-refractivity contribution >= 4 is 18.3 Å². The van der Waals surface area contributed by atoms with Gasteiger partial charge in [0.05, 0.1) is 12.2 Å². The van der Waals surface area contributed by atoms with E-state index in [9.17, 15) is 4.79 Å². The van der Waals surface area contributed by atoms with Gasteiger partial charge >= 0.3 is 0 Å². The lowest BCUT2D eigenvalue weighted by Crippen LogP contribution is -2.38. The predicted molar refractivity (Wildman–Crippen MR) is 98.1 cm³/mol. The Morgan fingerprint density at radius 1 is 1.33 bits per heavy atom. The summed E-state index contributed by atoms with van der Waals surface area (Å²) in [5.41, 5.74) is 6.95. The zero-order valence-corrected chi connectivity index (χ0v) is 15.8. The zero-order valence-electron chi connectivity index (χ0n) is 15.0. The van der Waals surface area contributed by atoms with E-state index in [-0.39, 0.29) is 23.7 Å². The molecule has 0 spiro atoms. The molecule has 1 aliphatic carbocycles. The van der Waals surface area contributed by atoms with Gasteiger partial charge in [-0.3, -0.25) is 4.79 Å². The molecule has 5 nitrogen and oxygen atoms in total. The highest BCUT2D eigenvalue weighted by Gasteiger charge is 2.32. The fourth-order valence-corrected chi connectivity index (χ4v) is 3.66. The van der Waals surface area contributed by atoms with Gasteiger partial charge < -0.3 is 15.6 Å². The van der Waals surface area contributed by atoms with Crippen molar-refractivity contribution in [1.82, 2.24) is 10.5 Å². The van der Waals surface area contributed by atoms with Crippen molar-refractivity contribution in [3.63, 3.8) is 0 Å². The second-order valence-corrected chi connectivity index (χ2v) is 6.95. The number of nitrogens with zero attached hydrogens (tertiary/aromatic N) is 1. The van der Waals surface area contributed by atoms with E-state index in [1.54, 1.807) is 0 Å². The number of aromatic nitrogens is 1. The van der Waals surface area contributed by atoms with Crippen molar-refractivity contribution in [2.45, 2.75) is 77.7 Å². The second-order valence-electron chi connectivity index (χ2n) is 6.95. The summed E-state index contributed by atoms with van der Waals surface area (Å²) in [6.07, 6.45) is 8.39. The molecular formula is C18H32ClN3O2. The normalized spacial score (nSPS) is 16.7. The maximum absolute atomic E-state index is 12.3. The first kappa shape index (κ1) is 21.0. The number of nitrogens with one attached hydrogen (secondary N) is 1. The van der Waals surface area contributed by atoms with Crippen LogP contribution < -0.4 is 11.1 Å². The Labute approximate surface area is 151 Å². The molecule has 1 aliphatic rings. The zero-order chi connectivity index (χ0) is 16.7. The van der Waals surface area contributed by atoms with E-state index in [2.05, 4.69) is 24.3 Å². The molecule has 6 heteroatoms. The molecule has 138 valence electrons. The molecule has 0 aromatic carbocycles. The summed E-state index contributed by atoms with van der Waals surface area (Å²) in [5, 5.41) is 7.10. The van der Waals surface area contributed by atoms with Crippen LogP contribution >= 0.6 is 12.4 Å². The average Bonchev–Trinajstić information content (AvgIpc) is 3.04. The highest BCUT2D eigenvalue weighted by atomic mass is 35.5. The van der Waals surface area contributed by atoms with Crippen LogP contribution in [0.5, 0.6) is 0 Å². The molecular weight excluding hydrogens is 326 g/mol. The van der Waals surface area contributed by atoms with Crippen molar-refractivity contribution in [1.29, 1.82) is 0 Å². The summed E-state index contributed by atoms with van der Waals surface area (Å²) in [6.45, 7) is 5.32. The highest BCUT2D eigenvalue weighted by molar-refractivity contribution is 5.85. The number of rotatable bonds is 8. The molecule has 2 rings (SSSR count). The maximum Gasteiger partial charge on any atom is 0.220 e. The third kappa shape index (κ3) is 5.49. The lowest BCUT2D eigenvalue weighted by atomic mass is 9.71. The molecule has 1 saturated carbocycles. The van der Waals surface area contributed by atoms with Gasteiger partial charge in [0.15, 0.2) is 5.76 Å². The van der Waals surface area contributed by atoms with Crippen LogP contribution in [0.15, 0.2) is 10.6 Å². The number of nitrogens with two attached hydrogens (primary N) is 1. The van der Waals surface area contributed by atoms with Crippen LogP contribution in [-0.2, 0) is 11.3 Å². The Bertz CT molecular complexity index is 494. The molecule has 3 N–H and O–H groups in total. The Kier molecular flexibility index (Phi) is 8.78. The molecule has 1 fully saturated rings. The fourth-order valence-electron chi connectivity index (χ4n) is 3.66. The van der Waals surface area contributed by atoms with Crippen molar-refractivity contribution in [3.05, 3.63) is 17.5 Å². The monoisotopic (exact) mass is 357 g/mol. The van der Waals surface area contributed by atoms with Crippen molar-refractivity contribution in [2.75, 3.05) is 6.54 Å². The Balaban J connectivity index is 0.00000288. The molecule has 1 amide bonds. The minimum Gasteiger partial charge on any atom is -0.359 e. The number of carbonyl (C=O) groups is 1.